The average Bonchev–Trinajstić information content (AvgIpc) is 3.13. The maximum absolute atomic E-state index is 13.5. The lowest BCUT2D eigenvalue weighted by Gasteiger charge is -2.41. The SMILES string of the molecule is CN1CCC(N(C)C(=O)N2CCc3ccccc3[C@@H]2c2ccc(F)cc2)C1. The number of likely N-dealkylation sites (N-methyl/N-ethyl adjacent to an activating group) is 2. The number of urea groups is 1. The summed E-state index contributed by atoms with van der Waals surface area (Å²) in [5.41, 5.74) is 3.36. The third kappa shape index (κ3) is 3.44. The van der Waals surface area contributed by atoms with E-state index in [1.165, 1.54) is 17.7 Å². The van der Waals surface area contributed by atoms with Crippen LogP contribution in [0.2, 0.25) is 0 Å². The van der Waals surface area contributed by atoms with Crippen molar-refractivity contribution in [1.82, 2.24) is 14.7 Å². The Labute approximate surface area is 160 Å². The summed E-state index contributed by atoms with van der Waals surface area (Å²) in [6.45, 7) is 2.60. The second-order valence-corrected chi connectivity index (χ2v) is 7.69. The normalized spacial score (nSPS) is 22.6. The molecule has 2 aromatic rings. The Hall–Kier alpha value is -2.40. The minimum atomic E-state index is -0.258. The standard InChI is InChI=1S/C22H26FN3O/c1-24-13-12-19(15-24)25(2)22(27)26-14-11-16-5-3-4-6-20(16)21(26)17-7-9-18(23)10-8-17/h3-10,19,21H,11-15H2,1-2H3/t19?,21-/m0/s1. The molecule has 1 fully saturated rings. The monoisotopic (exact) mass is 367 g/mol. The van der Waals surface area contributed by atoms with Gasteiger partial charge in [0.05, 0.1) is 6.04 Å². The van der Waals surface area contributed by atoms with Gasteiger partial charge in [0.2, 0.25) is 0 Å². The fourth-order valence-corrected chi connectivity index (χ4v) is 4.36. The number of amides is 2. The molecule has 2 aliphatic rings. The van der Waals surface area contributed by atoms with E-state index < -0.39 is 0 Å². The Balaban J connectivity index is 1.68. The van der Waals surface area contributed by atoms with Crippen LogP contribution in [0.1, 0.15) is 29.2 Å². The molecule has 5 heteroatoms. The molecule has 0 bridgehead atoms. The first kappa shape index (κ1) is 18.0. The van der Waals surface area contributed by atoms with Crippen LogP contribution in [-0.2, 0) is 6.42 Å². The molecule has 2 atom stereocenters. The van der Waals surface area contributed by atoms with E-state index >= 15 is 0 Å². The molecule has 4 rings (SSSR count). The highest BCUT2D eigenvalue weighted by atomic mass is 19.1. The smallest absolute Gasteiger partial charge is 0.320 e. The third-order valence-electron chi connectivity index (χ3n) is 5.93. The van der Waals surface area contributed by atoms with Crippen LogP contribution in [0.3, 0.4) is 0 Å². The number of hydrogen-bond acceptors (Lipinski definition) is 2. The van der Waals surface area contributed by atoms with Gasteiger partial charge >= 0.3 is 6.03 Å². The summed E-state index contributed by atoms with van der Waals surface area (Å²) >= 11 is 0. The molecular weight excluding hydrogens is 341 g/mol. The Morgan fingerprint density at radius 2 is 1.85 bits per heavy atom. The minimum Gasteiger partial charge on any atom is -0.323 e. The van der Waals surface area contributed by atoms with Crippen molar-refractivity contribution in [2.45, 2.75) is 24.9 Å². The van der Waals surface area contributed by atoms with E-state index in [4.69, 9.17) is 0 Å². The second kappa shape index (κ2) is 7.31. The highest BCUT2D eigenvalue weighted by molar-refractivity contribution is 5.76. The fourth-order valence-electron chi connectivity index (χ4n) is 4.36. The summed E-state index contributed by atoms with van der Waals surface area (Å²) in [4.78, 5) is 19.5. The number of halogens is 1. The quantitative estimate of drug-likeness (QED) is 0.812. The molecule has 2 aliphatic heterocycles. The second-order valence-electron chi connectivity index (χ2n) is 7.69. The van der Waals surface area contributed by atoms with Crippen molar-refractivity contribution in [2.24, 2.45) is 0 Å². The van der Waals surface area contributed by atoms with Crippen LogP contribution in [0.4, 0.5) is 9.18 Å². The van der Waals surface area contributed by atoms with Crippen LogP contribution < -0.4 is 0 Å². The van der Waals surface area contributed by atoms with Gasteiger partial charge in [-0.2, -0.15) is 0 Å². The Kier molecular flexibility index (Phi) is 4.87. The maximum atomic E-state index is 13.5. The van der Waals surface area contributed by atoms with Gasteiger partial charge in [0.1, 0.15) is 5.82 Å². The van der Waals surface area contributed by atoms with Crippen LogP contribution in [0.15, 0.2) is 48.5 Å². The number of nitrogens with zero attached hydrogens (tertiary/aromatic N) is 3. The lowest BCUT2D eigenvalue weighted by molar-refractivity contribution is 0.132. The summed E-state index contributed by atoms with van der Waals surface area (Å²) < 4.78 is 13.5. The molecule has 0 saturated carbocycles. The van der Waals surface area contributed by atoms with Gasteiger partial charge in [-0.05, 0) is 55.3 Å². The van der Waals surface area contributed by atoms with Crippen molar-refractivity contribution in [3.63, 3.8) is 0 Å². The van der Waals surface area contributed by atoms with Gasteiger partial charge in [-0.3, -0.25) is 0 Å². The average molecular weight is 367 g/mol. The Morgan fingerprint density at radius 3 is 2.56 bits per heavy atom. The Bertz CT molecular complexity index is 823. The fraction of sp³-hybridized carbons (Fsp3) is 0.409. The predicted molar refractivity (Wildman–Crippen MR) is 104 cm³/mol. The zero-order valence-electron chi connectivity index (χ0n) is 15.9. The maximum Gasteiger partial charge on any atom is 0.320 e. The molecule has 2 amide bonds. The Morgan fingerprint density at radius 1 is 1.11 bits per heavy atom. The van der Waals surface area contributed by atoms with Crippen LogP contribution in [-0.4, -0.2) is 60.5 Å². The highest BCUT2D eigenvalue weighted by Gasteiger charge is 2.36. The summed E-state index contributed by atoms with van der Waals surface area (Å²) in [5.74, 6) is -0.258. The number of carbonyl (C=O) groups is 1. The van der Waals surface area contributed by atoms with E-state index in [1.807, 2.05) is 29.0 Å². The van der Waals surface area contributed by atoms with E-state index in [0.717, 1.165) is 37.1 Å². The van der Waals surface area contributed by atoms with E-state index in [-0.39, 0.29) is 23.9 Å². The summed E-state index contributed by atoms with van der Waals surface area (Å²) in [5, 5.41) is 0. The number of likely N-dealkylation sites (tertiary alicyclic amines) is 1. The summed E-state index contributed by atoms with van der Waals surface area (Å²) in [6, 6.07) is 14.9. The topological polar surface area (TPSA) is 26.8 Å². The largest absolute Gasteiger partial charge is 0.323 e. The van der Waals surface area contributed by atoms with Gasteiger partial charge in [-0.15, -0.1) is 0 Å². The lowest BCUT2D eigenvalue weighted by Crippen LogP contribution is -2.50. The van der Waals surface area contributed by atoms with Gasteiger partial charge in [0.25, 0.3) is 0 Å². The van der Waals surface area contributed by atoms with Gasteiger partial charge in [-0.1, -0.05) is 36.4 Å². The minimum absolute atomic E-state index is 0.0547. The third-order valence-corrected chi connectivity index (χ3v) is 5.93. The lowest BCUT2D eigenvalue weighted by atomic mass is 9.88. The summed E-state index contributed by atoms with van der Waals surface area (Å²) in [6.07, 6.45) is 1.85. The molecular formula is C22H26FN3O. The van der Waals surface area contributed by atoms with Crippen molar-refractivity contribution in [2.75, 3.05) is 33.7 Å². The summed E-state index contributed by atoms with van der Waals surface area (Å²) in [7, 11) is 4.01. The molecule has 4 nitrogen and oxygen atoms in total. The van der Waals surface area contributed by atoms with Crippen LogP contribution in [0.25, 0.3) is 0 Å². The molecule has 2 heterocycles. The van der Waals surface area contributed by atoms with E-state index in [2.05, 4.69) is 24.1 Å². The van der Waals surface area contributed by atoms with Gasteiger partial charge < -0.3 is 14.7 Å². The number of rotatable bonds is 2. The first-order valence-electron chi connectivity index (χ1n) is 9.60. The zero-order valence-corrected chi connectivity index (χ0v) is 15.9. The van der Waals surface area contributed by atoms with Crippen molar-refractivity contribution in [1.29, 1.82) is 0 Å². The van der Waals surface area contributed by atoms with E-state index in [1.54, 1.807) is 12.1 Å². The molecule has 1 unspecified atom stereocenters. The van der Waals surface area contributed by atoms with Crippen molar-refractivity contribution >= 4 is 6.03 Å². The molecule has 142 valence electrons. The highest BCUT2D eigenvalue weighted by Crippen LogP contribution is 2.36. The van der Waals surface area contributed by atoms with Crippen molar-refractivity contribution in [3.8, 4) is 0 Å². The predicted octanol–water partition coefficient (Wildman–Crippen LogP) is 3.53. The molecule has 0 radical (unpaired) electrons. The van der Waals surface area contributed by atoms with Crippen molar-refractivity contribution in [3.05, 3.63) is 71.0 Å². The number of benzene rings is 2. The molecule has 0 aromatic heterocycles. The number of fused-ring (bicyclic) bond motifs is 1. The molecule has 0 spiro atoms. The van der Waals surface area contributed by atoms with Gasteiger partial charge in [0, 0.05) is 26.2 Å². The van der Waals surface area contributed by atoms with Gasteiger partial charge in [0.15, 0.2) is 0 Å². The molecule has 0 N–H and O–H groups in total. The van der Waals surface area contributed by atoms with Crippen LogP contribution in [0.5, 0.6) is 0 Å². The number of carbonyl (C=O) groups excluding carboxylic acids is 1. The van der Waals surface area contributed by atoms with Crippen LogP contribution in [0, 0.1) is 5.82 Å². The number of hydrogen-bond donors (Lipinski definition) is 0. The first-order valence-corrected chi connectivity index (χ1v) is 9.60. The first-order chi connectivity index (χ1) is 13.0. The van der Waals surface area contributed by atoms with Crippen LogP contribution >= 0.6 is 0 Å². The van der Waals surface area contributed by atoms with Crippen molar-refractivity contribution < 1.29 is 9.18 Å². The van der Waals surface area contributed by atoms with Gasteiger partial charge in [-0.25, -0.2) is 9.18 Å². The molecule has 2 aromatic carbocycles. The zero-order chi connectivity index (χ0) is 19.0. The van der Waals surface area contributed by atoms with E-state index in [9.17, 15) is 9.18 Å². The molecule has 1 saturated heterocycles. The molecule has 0 aliphatic carbocycles. The molecule has 27 heavy (non-hydrogen) atoms. The van der Waals surface area contributed by atoms with E-state index in [0.29, 0.717) is 6.54 Å².